The lowest BCUT2D eigenvalue weighted by Crippen LogP contribution is -2.28. The van der Waals surface area contributed by atoms with Gasteiger partial charge in [0, 0.05) is 25.7 Å². The SMILES string of the molecule is Clc1cccc(CNCCNC2CC2)c1Cl. The average molecular weight is 259 g/mol. The monoisotopic (exact) mass is 258 g/mol. The molecule has 0 atom stereocenters. The molecule has 0 amide bonds. The molecular weight excluding hydrogens is 243 g/mol. The molecule has 0 radical (unpaired) electrons. The summed E-state index contributed by atoms with van der Waals surface area (Å²) in [6.45, 7) is 2.74. The minimum Gasteiger partial charge on any atom is -0.313 e. The van der Waals surface area contributed by atoms with Crippen LogP contribution in [-0.2, 0) is 6.54 Å². The molecule has 2 rings (SSSR count). The van der Waals surface area contributed by atoms with Crippen LogP contribution in [-0.4, -0.2) is 19.1 Å². The van der Waals surface area contributed by atoms with Gasteiger partial charge in [0.1, 0.15) is 0 Å². The third kappa shape index (κ3) is 3.63. The minimum absolute atomic E-state index is 0.622. The van der Waals surface area contributed by atoms with Gasteiger partial charge >= 0.3 is 0 Å². The maximum Gasteiger partial charge on any atom is 0.0637 e. The molecule has 16 heavy (non-hydrogen) atoms. The molecule has 1 saturated carbocycles. The lowest BCUT2D eigenvalue weighted by Gasteiger charge is -2.08. The van der Waals surface area contributed by atoms with Crippen molar-refractivity contribution in [2.24, 2.45) is 0 Å². The van der Waals surface area contributed by atoms with Crippen LogP contribution in [0.25, 0.3) is 0 Å². The summed E-state index contributed by atoms with van der Waals surface area (Å²) in [6.07, 6.45) is 2.67. The van der Waals surface area contributed by atoms with Gasteiger partial charge in [-0.05, 0) is 24.5 Å². The van der Waals surface area contributed by atoms with E-state index in [1.54, 1.807) is 0 Å². The van der Waals surface area contributed by atoms with Gasteiger partial charge < -0.3 is 10.6 Å². The number of rotatable bonds is 6. The molecule has 1 fully saturated rings. The zero-order valence-corrected chi connectivity index (χ0v) is 10.6. The zero-order valence-electron chi connectivity index (χ0n) is 9.10. The van der Waals surface area contributed by atoms with E-state index >= 15 is 0 Å². The predicted molar refractivity (Wildman–Crippen MR) is 69.2 cm³/mol. The molecule has 2 N–H and O–H groups in total. The van der Waals surface area contributed by atoms with Gasteiger partial charge in [-0.3, -0.25) is 0 Å². The number of halogens is 2. The first kappa shape index (κ1) is 12.2. The second-order valence-corrected chi connectivity index (χ2v) is 4.90. The maximum atomic E-state index is 6.08. The first-order chi connectivity index (χ1) is 7.77. The Bertz CT molecular complexity index is 351. The lowest BCUT2D eigenvalue weighted by atomic mass is 10.2. The van der Waals surface area contributed by atoms with Crippen LogP contribution in [0.4, 0.5) is 0 Å². The lowest BCUT2D eigenvalue weighted by molar-refractivity contribution is 0.609. The van der Waals surface area contributed by atoms with Gasteiger partial charge in [0.15, 0.2) is 0 Å². The average Bonchev–Trinajstić information content (AvgIpc) is 3.07. The summed E-state index contributed by atoms with van der Waals surface area (Å²) in [4.78, 5) is 0. The van der Waals surface area contributed by atoms with Crippen LogP contribution >= 0.6 is 23.2 Å². The van der Waals surface area contributed by atoms with Crippen molar-refractivity contribution in [2.45, 2.75) is 25.4 Å². The van der Waals surface area contributed by atoms with Crippen molar-refractivity contribution < 1.29 is 0 Å². The van der Waals surface area contributed by atoms with E-state index in [0.29, 0.717) is 10.0 Å². The molecule has 0 aliphatic heterocycles. The largest absolute Gasteiger partial charge is 0.313 e. The second-order valence-electron chi connectivity index (χ2n) is 4.12. The Balaban J connectivity index is 1.69. The molecular formula is C12H16Cl2N2. The highest BCUT2D eigenvalue weighted by Crippen LogP contribution is 2.25. The van der Waals surface area contributed by atoms with E-state index in [1.807, 2.05) is 18.2 Å². The number of nitrogens with one attached hydrogen (secondary N) is 2. The number of hydrogen-bond acceptors (Lipinski definition) is 2. The highest BCUT2D eigenvalue weighted by molar-refractivity contribution is 6.42. The van der Waals surface area contributed by atoms with Crippen molar-refractivity contribution in [3.8, 4) is 0 Å². The Hall–Kier alpha value is -0.280. The van der Waals surface area contributed by atoms with E-state index in [4.69, 9.17) is 23.2 Å². The van der Waals surface area contributed by atoms with E-state index in [0.717, 1.165) is 31.2 Å². The van der Waals surface area contributed by atoms with Crippen molar-refractivity contribution in [2.75, 3.05) is 13.1 Å². The van der Waals surface area contributed by atoms with E-state index in [2.05, 4.69) is 10.6 Å². The second kappa shape index (κ2) is 5.87. The van der Waals surface area contributed by atoms with Gasteiger partial charge in [0.05, 0.1) is 10.0 Å². The molecule has 0 aromatic heterocycles. The van der Waals surface area contributed by atoms with Crippen molar-refractivity contribution >= 4 is 23.2 Å². The fraction of sp³-hybridized carbons (Fsp3) is 0.500. The molecule has 88 valence electrons. The van der Waals surface area contributed by atoms with Crippen LogP contribution in [0.5, 0.6) is 0 Å². The molecule has 4 heteroatoms. The Morgan fingerprint density at radius 3 is 2.75 bits per heavy atom. The van der Waals surface area contributed by atoms with Crippen LogP contribution in [0.15, 0.2) is 18.2 Å². The topological polar surface area (TPSA) is 24.1 Å². The normalized spacial score (nSPS) is 15.4. The molecule has 1 aromatic rings. The summed E-state index contributed by atoms with van der Waals surface area (Å²) < 4.78 is 0. The van der Waals surface area contributed by atoms with Crippen LogP contribution in [0.3, 0.4) is 0 Å². The highest BCUT2D eigenvalue weighted by atomic mass is 35.5. The molecule has 0 spiro atoms. The van der Waals surface area contributed by atoms with Crippen molar-refractivity contribution in [3.63, 3.8) is 0 Å². The first-order valence-electron chi connectivity index (χ1n) is 5.64. The van der Waals surface area contributed by atoms with Crippen molar-refractivity contribution in [3.05, 3.63) is 33.8 Å². The summed E-state index contributed by atoms with van der Waals surface area (Å²) in [6, 6.07) is 6.50. The Kier molecular flexibility index (Phi) is 4.47. The molecule has 0 saturated heterocycles. The molecule has 2 nitrogen and oxygen atoms in total. The fourth-order valence-electron chi connectivity index (χ4n) is 1.56. The van der Waals surface area contributed by atoms with Gasteiger partial charge in [0.2, 0.25) is 0 Å². The number of hydrogen-bond donors (Lipinski definition) is 2. The highest BCUT2D eigenvalue weighted by Gasteiger charge is 2.19. The molecule has 0 unspecified atom stereocenters. The summed E-state index contributed by atoms with van der Waals surface area (Å²) in [7, 11) is 0. The smallest absolute Gasteiger partial charge is 0.0637 e. The van der Waals surface area contributed by atoms with Crippen LogP contribution in [0, 0.1) is 0 Å². The molecule has 1 aliphatic carbocycles. The molecule has 0 heterocycles. The van der Waals surface area contributed by atoms with Gasteiger partial charge in [-0.25, -0.2) is 0 Å². The van der Waals surface area contributed by atoms with Crippen molar-refractivity contribution in [1.82, 2.24) is 10.6 Å². The summed E-state index contributed by atoms with van der Waals surface area (Å²) in [5.41, 5.74) is 1.06. The Morgan fingerprint density at radius 2 is 2.00 bits per heavy atom. The third-order valence-corrected chi connectivity index (χ3v) is 3.52. The van der Waals surface area contributed by atoms with Crippen LogP contribution < -0.4 is 10.6 Å². The van der Waals surface area contributed by atoms with Crippen LogP contribution in [0.1, 0.15) is 18.4 Å². The van der Waals surface area contributed by atoms with Gasteiger partial charge in [0.25, 0.3) is 0 Å². The molecule has 0 bridgehead atoms. The van der Waals surface area contributed by atoms with Gasteiger partial charge in [-0.1, -0.05) is 35.3 Å². The summed E-state index contributed by atoms with van der Waals surface area (Å²) >= 11 is 12.0. The summed E-state index contributed by atoms with van der Waals surface area (Å²) in [5.74, 6) is 0. The molecule has 1 aliphatic rings. The third-order valence-electron chi connectivity index (χ3n) is 2.66. The maximum absolute atomic E-state index is 6.08. The zero-order chi connectivity index (χ0) is 11.4. The Morgan fingerprint density at radius 1 is 1.19 bits per heavy atom. The van der Waals surface area contributed by atoms with Gasteiger partial charge in [-0.15, -0.1) is 0 Å². The van der Waals surface area contributed by atoms with E-state index in [-0.39, 0.29) is 0 Å². The Labute approximate surface area is 106 Å². The minimum atomic E-state index is 0.622. The van der Waals surface area contributed by atoms with Gasteiger partial charge in [-0.2, -0.15) is 0 Å². The molecule has 1 aromatic carbocycles. The predicted octanol–water partition coefficient (Wildman–Crippen LogP) is 2.84. The number of benzene rings is 1. The fourth-order valence-corrected chi connectivity index (χ4v) is 1.95. The first-order valence-corrected chi connectivity index (χ1v) is 6.40. The summed E-state index contributed by atoms with van der Waals surface area (Å²) in [5, 5.41) is 8.08. The van der Waals surface area contributed by atoms with Crippen molar-refractivity contribution in [1.29, 1.82) is 0 Å². The van der Waals surface area contributed by atoms with E-state index in [1.165, 1.54) is 12.8 Å². The quantitative estimate of drug-likeness (QED) is 0.767. The van der Waals surface area contributed by atoms with E-state index < -0.39 is 0 Å². The van der Waals surface area contributed by atoms with E-state index in [9.17, 15) is 0 Å². The standard InChI is InChI=1S/C12H16Cl2N2/c13-11-3-1-2-9(12(11)14)8-15-6-7-16-10-4-5-10/h1-3,10,15-16H,4-8H2. The van der Waals surface area contributed by atoms with Crippen LogP contribution in [0.2, 0.25) is 10.0 Å².